The summed E-state index contributed by atoms with van der Waals surface area (Å²) in [7, 11) is 3.57. The summed E-state index contributed by atoms with van der Waals surface area (Å²) in [6.45, 7) is 0.988. The van der Waals surface area contributed by atoms with Crippen LogP contribution < -0.4 is 14.2 Å². The first kappa shape index (κ1) is 15.8. The minimum Gasteiger partial charge on any atom is -0.504 e. The van der Waals surface area contributed by atoms with Crippen LogP contribution in [0.25, 0.3) is 0 Å². The molecule has 0 radical (unpaired) electrons. The summed E-state index contributed by atoms with van der Waals surface area (Å²) < 4.78 is 16.4. The van der Waals surface area contributed by atoms with Gasteiger partial charge in [0.2, 0.25) is 6.79 Å². The minimum atomic E-state index is -0.772. The molecule has 136 valence electrons. The van der Waals surface area contributed by atoms with Crippen LogP contribution in [0.2, 0.25) is 0 Å². The molecule has 0 bridgehead atoms. The molecule has 26 heavy (non-hydrogen) atoms. The fourth-order valence-electron chi connectivity index (χ4n) is 4.78. The van der Waals surface area contributed by atoms with E-state index in [-0.39, 0.29) is 12.5 Å². The van der Waals surface area contributed by atoms with Crippen LogP contribution in [0.1, 0.15) is 28.4 Å². The van der Waals surface area contributed by atoms with Gasteiger partial charge in [-0.05, 0) is 54.8 Å². The number of phenols is 1. The summed E-state index contributed by atoms with van der Waals surface area (Å²) in [6.07, 6.45) is 0.714. The summed E-state index contributed by atoms with van der Waals surface area (Å²) in [5, 5.41) is 21.8. The number of ether oxygens (including phenoxy) is 3. The molecular weight excluding hydrogens is 334 g/mol. The highest BCUT2D eigenvalue weighted by Gasteiger charge is 2.54. The van der Waals surface area contributed by atoms with Crippen LogP contribution in [0.3, 0.4) is 0 Å². The van der Waals surface area contributed by atoms with Gasteiger partial charge in [0.05, 0.1) is 12.6 Å². The lowest BCUT2D eigenvalue weighted by Crippen LogP contribution is -2.51. The molecule has 0 aromatic heterocycles. The van der Waals surface area contributed by atoms with Crippen molar-refractivity contribution in [3.63, 3.8) is 0 Å². The second-order valence-corrected chi connectivity index (χ2v) is 7.23. The van der Waals surface area contributed by atoms with E-state index >= 15 is 0 Å². The summed E-state index contributed by atoms with van der Waals surface area (Å²) in [4.78, 5) is 2.19. The largest absolute Gasteiger partial charge is 0.504 e. The van der Waals surface area contributed by atoms with Crippen molar-refractivity contribution in [2.75, 3.05) is 27.5 Å². The third-order valence-corrected chi connectivity index (χ3v) is 6.12. The first-order chi connectivity index (χ1) is 12.6. The molecule has 0 saturated carbocycles. The Morgan fingerprint density at radius 3 is 2.88 bits per heavy atom. The molecule has 0 unspecified atom stereocenters. The van der Waals surface area contributed by atoms with Crippen LogP contribution in [0.5, 0.6) is 23.0 Å². The van der Waals surface area contributed by atoms with Crippen molar-refractivity contribution in [3.05, 3.63) is 46.5 Å². The van der Waals surface area contributed by atoms with Crippen LogP contribution in [0, 0.1) is 0 Å². The molecule has 0 amide bonds. The molecular formula is C20H21NO5. The lowest BCUT2D eigenvalue weighted by molar-refractivity contribution is -0.0206. The third kappa shape index (κ3) is 1.83. The Morgan fingerprint density at radius 2 is 2.08 bits per heavy atom. The monoisotopic (exact) mass is 355 g/mol. The topological polar surface area (TPSA) is 71.4 Å². The summed E-state index contributed by atoms with van der Waals surface area (Å²) in [5.74, 6) is 1.88. The van der Waals surface area contributed by atoms with Gasteiger partial charge >= 0.3 is 0 Å². The van der Waals surface area contributed by atoms with Gasteiger partial charge in [-0.3, -0.25) is 4.90 Å². The average Bonchev–Trinajstić information content (AvgIpc) is 3.22. The fourth-order valence-corrected chi connectivity index (χ4v) is 4.78. The van der Waals surface area contributed by atoms with Gasteiger partial charge in [0.15, 0.2) is 23.0 Å². The maximum atomic E-state index is 11.5. The molecule has 2 N–H and O–H groups in total. The number of fused-ring (bicyclic) bond motifs is 5. The summed E-state index contributed by atoms with van der Waals surface area (Å²) in [6, 6.07) is 7.55. The van der Waals surface area contributed by atoms with Gasteiger partial charge in [0.1, 0.15) is 6.10 Å². The molecule has 6 heteroatoms. The van der Waals surface area contributed by atoms with Crippen molar-refractivity contribution in [2.24, 2.45) is 0 Å². The van der Waals surface area contributed by atoms with Crippen molar-refractivity contribution < 1.29 is 24.4 Å². The number of nitrogens with zero attached hydrogens (tertiary/aromatic N) is 1. The first-order valence-electron chi connectivity index (χ1n) is 8.77. The average molecular weight is 355 g/mol. The number of aromatic hydroxyl groups is 1. The smallest absolute Gasteiger partial charge is 0.231 e. The number of aliphatic hydroxyl groups is 1. The highest BCUT2D eigenvalue weighted by Crippen LogP contribution is 2.57. The van der Waals surface area contributed by atoms with E-state index in [0.29, 0.717) is 23.7 Å². The van der Waals surface area contributed by atoms with Crippen LogP contribution >= 0.6 is 0 Å². The minimum absolute atomic E-state index is 0.0916. The molecule has 5 rings (SSSR count). The predicted molar refractivity (Wildman–Crippen MR) is 93.9 cm³/mol. The Morgan fingerprint density at radius 1 is 1.23 bits per heavy atom. The molecule has 1 spiro atoms. The maximum Gasteiger partial charge on any atom is 0.231 e. The second-order valence-electron chi connectivity index (χ2n) is 7.23. The molecule has 2 atom stereocenters. The van der Waals surface area contributed by atoms with E-state index in [9.17, 15) is 10.2 Å². The van der Waals surface area contributed by atoms with Crippen LogP contribution in [-0.4, -0.2) is 42.6 Å². The number of aliphatic hydroxyl groups excluding tert-OH is 1. The Balaban J connectivity index is 1.72. The molecule has 3 aliphatic rings. The molecule has 1 aliphatic carbocycles. The van der Waals surface area contributed by atoms with E-state index in [2.05, 4.69) is 4.90 Å². The van der Waals surface area contributed by atoms with Gasteiger partial charge in [-0.1, -0.05) is 6.07 Å². The highest BCUT2D eigenvalue weighted by atomic mass is 16.7. The quantitative estimate of drug-likeness (QED) is 0.816. The molecule has 0 saturated heterocycles. The van der Waals surface area contributed by atoms with Crippen LogP contribution in [0.4, 0.5) is 0 Å². The molecule has 0 fully saturated rings. The van der Waals surface area contributed by atoms with E-state index in [1.165, 1.54) is 0 Å². The molecule has 2 aromatic rings. The Labute approximate surface area is 151 Å². The van der Waals surface area contributed by atoms with Gasteiger partial charge in [-0.2, -0.15) is 0 Å². The normalized spacial score (nSPS) is 26.0. The van der Waals surface area contributed by atoms with E-state index < -0.39 is 11.6 Å². The zero-order valence-corrected chi connectivity index (χ0v) is 14.8. The number of phenolic OH excluding ortho intramolecular Hbond substituents is 1. The fraction of sp³-hybridized carbons (Fsp3) is 0.400. The van der Waals surface area contributed by atoms with E-state index in [0.717, 1.165) is 35.2 Å². The van der Waals surface area contributed by atoms with E-state index in [1.807, 2.05) is 25.2 Å². The Hall–Kier alpha value is -2.44. The predicted octanol–water partition coefficient (Wildman–Crippen LogP) is 2.10. The highest BCUT2D eigenvalue weighted by molar-refractivity contribution is 5.60. The SMILES string of the molecule is COc1cc2c(cc1O)[C@]1(Cc3ccc4c(c3[C@@H]1O)OCO4)N(C)CC2. The summed E-state index contributed by atoms with van der Waals surface area (Å²) >= 11 is 0. The standard InChI is InChI=1S/C20H21NO5/c1-21-6-5-11-7-16(24-2)14(22)8-13(11)20(21)9-12-3-4-15-18(26-10-25-15)17(12)19(20)23/h3-4,7-8,19,22-23H,5-6,9-10H2,1-2H3/t19-,20-/m0/s1. The van der Waals surface area contributed by atoms with Crippen molar-refractivity contribution in [3.8, 4) is 23.0 Å². The van der Waals surface area contributed by atoms with Crippen LogP contribution in [-0.2, 0) is 18.4 Å². The Bertz CT molecular complexity index is 912. The molecule has 2 aliphatic heterocycles. The number of benzene rings is 2. The van der Waals surface area contributed by atoms with Gasteiger partial charge in [0.25, 0.3) is 0 Å². The van der Waals surface area contributed by atoms with Crippen molar-refractivity contribution in [1.82, 2.24) is 4.90 Å². The third-order valence-electron chi connectivity index (χ3n) is 6.12. The van der Waals surface area contributed by atoms with E-state index in [1.54, 1.807) is 13.2 Å². The maximum absolute atomic E-state index is 11.5. The summed E-state index contributed by atoms with van der Waals surface area (Å²) in [5.41, 5.74) is 3.26. The second kappa shape index (κ2) is 5.28. The van der Waals surface area contributed by atoms with Crippen molar-refractivity contribution in [1.29, 1.82) is 0 Å². The lowest BCUT2D eigenvalue weighted by Gasteiger charge is -2.46. The number of likely N-dealkylation sites (N-methyl/N-ethyl adjacent to an activating group) is 1. The van der Waals surface area contributed by atoms with Gasteiger partial charge in [-0.15, -0.1) is 0 Å². The zero-order valence-electron chi connectivity index (χ0n) is 14.8. The van der Waals surface area contributed by atoms with Crippen molar-refractivity contribution >= 4 is 0 Å². The van der Waals surface area contributed by atoms with Gasteiger partial charge < -0.3 is 24.4 Å². The number of methoxy groups -OCH3 is 1. The Kier molecular flexibility index (Phi) is 3.21. The van der Waals surface area contributed by atoms with Crippen molar-refractivity contribution in [2.45, 2.75) is 24.5 Å². The zero-order chi connectivity index (χ0) is 18.1. The number of hydrogen-bond donors (Lipinski definition) is 2. The number of hydrogen-bond acceptors (Lipinski definition) is 6. The molecule has 2 heterocycles. The van der Waals surface area contributed by atoms with Crippen LogP contribution in [0.15, 0.2) is 24.3 Å². The lowest BCUT2D eigenvalue weighted by atomic mass is 9.77. The van der Waals surface area contributed by atoms with Gasteiger partial charge in [0, 0.05) is 12.1 Å². The first-order valence-corrected chi connectivity index (χ1v) is 8.77. The number of rotatable bonds is 1. The molecule has 6 nitrogen and oxygen atoms in total. The van der Waals surface area contributed by atoms with Gasteiger partial charge in [-0.25, -0.2) is 0 Å². The van der Waals surface area contributed by atoms with E-state index in [4.69, 9.17) is 14.2 Å². The molecule has 2 aromatic carbocycles.